The summed E-state index contributed by atoms with van der Waals surface area (Å²) < 4.78 is 1.94. The normalized spacial score (nSPS) is 10.4. The molecule has 0 amide bonds. The molecule has 0 unspecified atom stereocenters. The first-order valence-corrected chi connectivity index (χ1v) is 8.49. The third kappa shape index (κ3) is 3.96. The average molecular weight is 361 g/mol. The second kappa shape index (κ2) is 7.70. The van der Waals surface area contributed by atoms with Gasteiger partial charge in [-0.1, -0.05) is 30.3 Å². The fourth-order valence-electron chi connectivity index (χ4n) is 2.99. The maximum absolute atomic E-state index is 11.3. The molecule has 0 atom stereocenters. The number of benzene rings is 2. The highest BCUT2D eigenvalue weighted by Gasteiger charge is 2.17. The van der Waals surface area contributed by atoms with E-state index in [1.807, 2.05) is 42.8 Å². The molecule has 0 fully saturated rings. The summed E-state index contributed by atoms with van der Waals surface area (Å²) >= 11 is 0. The van der Waals surface area contributed by atoms with E-state index in [-0.39, 0.29) is 11.3 Å². The van der Waals surface area contributed by atoms with Crippen LogP contribution in [0.4, 0.5) is 11.4 Å². The smallest absolute Gasteiger partial charge is 0.293 e. The maximum Gasteiger partial charge on any atom is 0.293 e. The van der Waals surface area contributed by atoms with Gasteiger partial charge in [0.2, 0.25) is 0 Å². The largest absolute Gasteiger partial charge is 0.375 e. The van der Waals surface area contributed by atoms with E-state index in [4.69, 9.17) is 5.26 Å². The number of nitrogens with zero attached hydrogens (tertiary/aromatic N) is 4. The van der Waals surface area contributed by atoms with Gasteiger partial charge < -0.3 is 5.32 Å². The molecule has 0 bridgehead atoms. The molecule has 1 N–H and O–H groups in total. The number of nitro groups is 1. The van der Waals surface area contributed by atoms with Crippen molar-refractivity contribution in [2.45, 2.75) is 26.9 Å². The number of nitrogens with one attached hydrogen (secondary N) is 1. The summed E-state index contributed by atoms with van der Waals surface area (Å²) in [5.74, 6) is 0. The molecule has 0 saturated carbocycles. The Morgan fingerprint density at radius 1 is 1.22 bits per heavy atom. The van der Waals surface area contributed by atoms with Crippen molar-refractivity contribution in [3.8, 4) is 6.07 Å². The van der Waals surface area contributed by atoms with E-state index < -0.39 is 4.92 Å². The first kappa shape index (κ1) is 18.1. The predicted molar refractivity (Wildman–Crippen MR) is 102 cm³/mol. The van der Waals surface area contributed by atoms with Crippen LogP contribution in [0, 0.1) is 35.3 Å². The molecule has 136 valence electrons. The standard InChI is InChI=1S/C20H19N5O2/c1-14-18(15(2)24(23-14)13-16-6-4-3-5-7-16)12-22-19-9-8-17(11-21)10-20(19)25(26)27/h3-10,22H,12-13H2,1-2H3. The quantitative estimate of drug-likeness (QED) is 0.530. The molecule has 0 aliphatic carbocycles. The Hall–Kier alpha value is -3.66. The summed E-state index contributed by atoms with van der Waals surface area (Å²) in [5.41, 5.74) is 4.59. The lowest BCUT2D eigenvalue weighted by Gasteiger charge is -2.09. The van der Waals surface area contributed by atoms with Crippen molar-refractivity contribution < 1.29 is 4.92 Å². The molecular formula is C20H19N5O2. The van der Waals surface area contributed by atoms with E-state index in [0.717, 1.165) is 22.5 Å². The Balaban J connectivity index is 1.81. The van der Waals surface area contributed by atoms with Crippen LogP contribution in [0.2, 0.25) is 0 Å². The van der Waals surface area contributed by atoms with Crippen molar-refractivity contribution >= 4 is 11.4 Å². The van der Waals surface area contributed by atoms with E-state index in [1.54, 1.807) is 12.1 Å². The highest BCUT2D eigenvalue weighted by atomic mass is 16.6. The van der Waals surface area contributed by atoms with Gasteiger partial charge in [0.05, 0.1) is 28.8 Å². The Labute approximate surface area is 157 Å². The van der Waals surface area contributed by atoms with E-state index in [9.17, 15) is 10.1 Å². The lowest BCUT2D eigenvalue weighted by Crippen LogP contribution is -2.06. The number of hydrogen-bond donors (Lipinski definition) is 1. The van der Waals surface area contributed by atoms with Crippen LogP contribution in [-0.2, 0) is 13.1 Å². The molecule has 0 spiro atoms. The number of anilines is 1. The van der Waals surface area contributed by atoms with Crippen LogP contribution in [0.25, 0.3) is 0 Å². The minimum absolute atomic E-state index is 0.110. The van der Waals surface area contributed by atoms with Crippen LogP contribution in [-0.4, -0.2) is 14.7 Å². The maximum atomic E-state index is 11.3. The molecule has 0 aliphatic rings. The first-order chi connectivity index (χ1) is 13.0. The number of aryl methyl sites for hydroxylation is 1. The van der Waals surface area contributed by atoms with Gasteiger partial charge >= 0.3 is 0 Å². The monoisotopic (exact) mass is 361 g/mol. The SMILES string of the molecule is Cc1nn(Cc2ccccc2)c(C)c1CNc1ccc(C#N)cc1[N+](=O)[O-]. The fraction of sp³-hybridized carbons (Fsp3) is 0.200. The molecule has 7 nitrogen and oxygen atoms in total. The summed E-state index contributed by atoms with van der Waals surface area (Å²) in [6.45, 7) is 5.01. The van der Waals surface area contributed by atoms with Crippen molar-refractivity contribution in [1.82, 2.24) is 9.78 Å². The van der Waals surface area contributed by atoms with Crippen LogP contribution in [0.15, 0.2) is 48.5 Å². The molecule has 3 aromatic rings. The number of hydrogen-bond acceptors (Lipinski definition) is 5. The highest BCUT2D eigenvalue weighted by Crippen LogP contribution is 2.26. The van der Waals surface area contributed by atoms with Gasteiger partial charge in [0.25, 0.3) is 5.69 Å². The molecule has 3 rings (SSSR count). The second-order valence-electron chi connectivity index (χ2n) is 6.25. The van der Waals surface area contributed by atoms with Gasteiger partial charge in [-0.25, -0.2) is 0 Å². The summed E-state index contributed by atoms with van der Waals surface area (Å²) in [5, 5.41) is 27.9. The van der Waals surface area contributed by atoms with Crippen molar-refractivity contribution in [2.75, 3.05) is 5.32 Å². The third-order valence-electron chi connectivity index (χ3n) is 4.49. The number of nitro benzene ring substituents is 1. The Morgan fingerprint density at radius 3 is 2.63 bits per heavy atom. The van der Waals surface area contributed by atoms with E-state index in [1.165, 1.54) is 6.07 Å². The summed E-state index contributed by atoms with van der Waals surface area (Å²) in [6.07, 6.45) is 0. The van der Waals surface area contributed by atoms with Gasteiger partial charge in [0.1, 0.15) is 5.69 Å². The zero-order valence-corrected chi connectivity index (χ0v) is 15.1. The van der Waals surface area contributed by atoms with Gasteiger partial charge in [-0.3, -0.25) is 14.8 Å². The zero-order valence-electron chi connectivity index (χ0n) is 15.1. The van der Waals surface area contributed by atoms with Crippen molar-refractivity contribution in [1.29, 1.82) is 5.26 Å². The molecule has 27 heavy (non-hydrogen) atoms. The van der Waals surface area contributed by atoms with Gasteiger partial charge in [0, 0.05) is 23.9 Å². The molecular weight excluding hydrogens is 342 g/mol. The van der Waals surface area contributed by atoms with Crippen LogP contribution < -0.4 is 5.32 Å². The number of rotatable bonds is 6. The fourth-order valence-corrected chi connectivity index (χ4v) is 2.99. The summed E-state index contributed by atoms with van der Waals surface area (Å²) in [6, 6.07) is 16.4. The van der Waals surface area contributed by atoms with E-state index >= 15 is 0 Å². The number of nitriles is 1. The van der Waals surface area contributed by atoms with Crippen LogP contribution >= 0.6 is 0 Å². The summed E-state index contributed by atoms with van der Waals surface area (Å²) in [7, 11) is 0. The summed E-state index contributed by atoms with van der Waals surface area (Å²) in [4.78, 5) is 10.8. The van der Waals surface area contributed by atoms with Crippen LogP contribution in [0.3, 0.4) is 0 Å². The Bertz CT molecular complexity index is 1020. The van der Waals surface area contributed by atoms with E-state index in [0.29, 0.717) is 18.8 Å². The minimum atomic E-state index is -0.484. The third-order valence-corrected chi connectivity index (χ3v) is 4.49. The number of aromatic nitrogens is 2. The van der Waals surface area contributed by atoms with Gasteiger partial charge in [-0.05, 0) is 31.5 Å². The van der Waals surface area contributed by atoms with Crippen LogP contribution in [0.5, 0.6) is 0 Å². The molecule has 7 heteroatoms. The van der Waals surface area contributed by atoms with Gasteiger partial charge in [-0.2, -0.15) is 10.4 Å². The Morgan fingerprint density at radius 2 is 1.96 bits per heavy atom. The van der Waals surface area contributed by atoms with Crippen molar-refractivity contribution in [2.24, 2.45) is 0 Å². The Kier molecular flexibility index (Phi) is 5.18. The second-order valence-corrected chi connectivity index (χ2v) is 6.25. The topological polar surface area (TPSA) is 96.8 Å². The lowest BCUT2D eigenvalue weighted by molar-refractivity contribution is -0.384. The predicted octanol–water partition coefficient (Wildman–Crippen LogP) is 3.94. The molecule has 0 saturated heterocycles. The van der Waals surface area contributed by atoms with Gasteiger partial charge in [0.15, 0.2) is 0 Å². The molecule has 0 radical (unpaired) electrons. The molecule has 1 heterocycles. The van der Waals surface area contributed by atoms with E-state index in [2.05, 4.69) is 22.5 Å². The molecule has 2 aromatic carbocycles. The van der Waals surface area contributed by atoms with Gasteiger partial charge in [-0.15, -0.1) is 0 Å². The first-order valence-electron chi connectivity index (χ1n) is 8.49. The molecule has 1 aromatic heterocycles. The minimum Gasteiger partial charge on any atom is -0.375 e. The molecule has 0 aliphatic heterocycles. The van der Waals surface area contributed by atoms with Crippen molar-refractivity contribution in [3.05, 3.63) is 86.7 Å². The lowest BCUT2D eigenvalue weighted by atomic mass is 10.1. The highest BCUT2D eigenvalue weighted by molar-refractivity contribution is 5.64. The van der Waals surface area contributed by atoms with Crippen LogP contribution in [0.1, 0.15) is 28.1 Å². The van der Waals surface area contributed by atoms with Crippen molar-refractivity contribution in [3.63, 3.8) is 0 Å². The average Bonchev–Trinajstić information content (AvgIpc) is 2.93. The zero-order chi connectivity index (χ0) is 19.4.